The van der Waals surface area contributed by atoms with E-state index in [1.807, 2.05) is 7.05 Å². The van der Waals surface area contributed by atoms with Gasteiger partial charge in [-0.25, -0.2) is 0 Å². The van der Waals surface area contributed by atoms with Crippen molar-refractivity contribution in [1.29, 1.82) is 0 Å². The van der Waals surface area contributed by atoms with Gasteiger partial charge in [0.1, 0.15) is 6.33 Å². The lowest BCUT2D eigenvalue weighted by atomic mass is 10.6. The molecule has 2 aromatic heterocycles. The Labute approximate surface area is 61.9 Å². The van der Waals surface area contributed by atoms with Gasteiger partial charge in [0.2, 0.25) is 5.78 Å². The van der Waals surface area contributed by atoms with Crippen LogP contribution in [0.4, 0.5) is 0 Å². The first kappa shape index (κ1) is 6.09. The number of hydrogen-bond acceptors (Lipinski definition) is 3. The van der Waals surface area contributed by atoms with Gasteiger partial charge in [-0.2, -0.15) is 14.6 Å². The fourth-order valence-electron chi connectivity index (χ4n) is 0.944. The molecule has 5 nitrogen and oxygen atoms in total. The van der Waals surface area contributed by atoms with Gasteiger partial charge in [-0.3, -0.25) is 4.79 Å². The number of nitrogens with zero attached hydrogens (tertiary/aromatic N) is 4. The van der Waals surface area contributed by atoms with Gasteiger partial charge in [0.25, 0.3) is 5.56 Å². The first-order chi connectivity index (χ1) is 5.29. The predicted molar refractivity (Wildman–Crippen MR) is 38.2 cm³/mol. The summed E-state index contributed by atoms with van der Waals surface area (Å²) in [5.41, 5.74) is -0.157. The topological polar surface area (TPSA) is 52.2 Å². The zero-order valence-electron chi connectivity index (χ0n) is 5.93. The van der Waals surface area contributed by atoms with E-state index in [1.54, 1.807) is 10.8 Å². The minimum absolute atomic E-state index is 0.157. The molecule has 2 aromatic rings. The molecule has 0 unspecified atom stereocenters. The minimum atomic E-state index is -0.157. The van der Waals surface area contributed by atoms with Crippen molar-refractivity contribution >= 4 is 5.78 Å². The lowest BCUT2D eigenvalue weighted by Crippen LogP contribution is -2.15. The standard InChI is InChI=1S/C6H6N4O/c1-9-3-2-5(11)10-6(9)7-4-8-10/h2-4H,1H3. The van der Waals surface area contributed by atoms with E-state index in [9.17, 15) is 4.79 Å². The van der Waals surface area contributed by atoms with Gasteiger partial charge < -0.3 is 4.57 Å². The third kappa shape index (κ3) is 0.739. The van der Waals surface area contributed by atoms with Crippen molar-refractivity contribution in [2.45, 2.75) is 0 Å². The van der Waals surface area contributed by atoms with Crippen molar-refractivity contribution in [3.8, 4) is 0 Å². The maximum Gasteiger partial charge on any atom is 0.275 e. The molecule has 0 amide bonds. The molecule has 0 aliphatic rings. The van der Waals surface area contributed by atoms with Crippen LogP contribution in [0.2, 0.25) is 0 Å². The summed E-state index contributed by atoms with van der Waals surface area (Å²) in [6.07, 6.45) is 3.02. The second-order valence-electron chi connectivity index (χ2n) is 2.24. The SMILES string of the molecule is Cn1ccc(=O)n2ncnc12. The highest BCUT2D eigenvalue weighted by molar-refractivity contribution is 5.24. The van der Waals surface area contributed by atoms with Gasteiger partial charge >= 0.3 is 0 Å². The quantitative estimate of drug-likeness (QED) is 0.505. The molecule has 0 atom stereocenters. The molecule has 5 heteroatoms. The minimum Gasteiger partial charge on any atom is -0.320 e. The van der Waals surface area contributed by atoms with Crippen LogP contribution in [0.25, 0.3) is 5.78 Å². The summed E-state index contributed by atoms with van der Waals surface area (Å²) in [6.45, 7) is 0. The summed E-state index contributed by atoms with van der Waals surface area (Å²) in [6, 6.07) is 1.45. The number of hydrogen-bond donors (Lipinski definition) is 0. The fourth-order valence-corrected chi connectivity index (χ4v) is 0.944. The van der Waals surface area contributed by atoms with Crippen LogP contribution in [0.1, 0.15) is 0 Å². The number of rotatable bonds is 0. The lowest BCUT2D eigenvalue weighted by Gasteiger charge is -1.96. The van der Waals surface area contributed by atoms with Crippen molar-refractivity contribution in [3.05, 3.63) is 28.9 Å². The molecule has 0 aliphatic carbocycles. The zero-order chi connectivity index (χ0) is 7.84. The summed E-state index contributed by atoms with van der Waals surface area (Å²) in [5.74, 6) is 0.553. The molecule has 0 saturated carbocycles. The van der Waals surface area contributed by atoms with Gasteiger partial charge in [0, 0.05) is 19.3 Å². The van der Waals surface area contributed by atoms with Crippen LogP contribution in [0, 0.1) is 0 Å². The maximum atomic E-state index is 11.0. The van der Waals surface area contributed by atoms with Crippen LogP contribution >= 0.6 is 0 Å². The Morgan fingerprint density at radius 1 is 1.55 bits per heavy atom. The van der Waals surface area contributed by atoms with Gasteiger partial charge in [0.05, 0.1) is 0 Å². The van der Waals surface area contributed by atoms with Gasteiger partial charge in [-0.05, 0) is 0 Å². The van der Waals surface area contributed by atoms with Crippen molar-refractivity contribution in [3.63, 3.8) is 0 Å². The Bertz CT molecular complexity index is 441. The Kier molecular flexibility index (Phi) is 1.06. The van der Waals surface area contributed by atoms with E-state index in [0.717, 1.165) is 0 Å². The Balaban J connectivity index is 3.08. The highest BCUT2D eigenvalue weighted by Crippen LogP contribution is 1.89. The zero-order valence-corrected chi connectivity index (χ0v) is 5.93. The molecule has 0 fully saturated rings. The molecule has 0 bridgehead atoms. The molecule has 0 saturated heterocycles. The van der Waals surface area contributed by atoms with Crippen molar-refractivity contribution < 1.29 is 0 Å². The summed E-state index contributed by atoms with van der Waals surface area (Å²) < 4.78 is 2.98. The van der Waals surface area contributed by atoms with Gasteiger partial charge in [-0.15, -0.1) is 0 Å². The first-order valence-electron chi connectivity index (χ1n) is 3.14. The van der Waals surface area contributed by atoms with Gasteiger partial charge in [-0.1, -0.05) is 0 Å². The Hall–Kier alpha value is -1.65. The normalized spacial score (nSPS) is 10.6. The molecule has 11 heavy (non-hydrogen) atoms. The largest absolute Gasteiger partial charge is 0.320 e. The van der Waals surface area contributed by atoms with Crippen molar-refractivity contribution in [1.82, 2.24) is 19.2 Å². The average Bonchev–Trinajstić information content (AvgIpc) is 2.45. The van der Waals surface area contributed by atoms with E-state index in [0.29, 0.717) is 5.78 Å². The smallest absolute Gasteiger partial charge is 0.275 e. The monoisotopic (exact) mass is 150 g/mol. The van der Waals surface area contributed by atoms with E-state index in [2.05, 4.69) is 10.1 Å². The van der Waals surface area contributed by atoms with Crippen LogP contribution in [-0.4, -0.2) is 19.2 Å². The van der Waals surface area contributed by atoms with Crippen molar-refractivity contribution in [2.75, 3.05) is 0 Å². The maximum absolute atomic E-state index is 11.0. The summed E-state index contributed by atoms with van der Waals surface area (Å²) >= 11 is 0. The second kappa shape index (κ2) is 1.91. The van der Waals surface area contributed by atoms with Crippen LogP contribution in [0.3, 0.4) is 0 Å². The van der Waals surface area contributed by atoms with E-state index < -0.39 is 0 Å². The molecular weight excluding hydrogens is 144 g/mol. The molecule has 0 aromatic carbocycles. The number of aromatic nitrogens is 4. The third-order valence-corrected chi connectivity index (χ3v) is 1.49. The van der Waals surface area contributed by atoms with Crippen LogP contribution in [-0.2, 0) is 7.05 Å². The van der Waals surface area contributed by atoms with E-state index >= 15 is 0 Å². The molecule has 0 aliphatic heterocycles. The molecule has 2 rings (SSSR count). The van der Waals surface area contributed by atoms with Crippen LogP contribution in [0.15, 0.2) is 23.4 Å². The molecule has 2 heterocycles. The van der Waals surface area contributed by atoms with Crippen molar-refractivity contribution in [2.24, 2.45) is 7.05 Å². The summed E-state index contributed by atoms with van der Waals surface area (Å²) in [4.78, 5) is 14.9. The Morgan fingerprint density at radius 3 is 3.09 bits per heavy atom. The van der Waals surface area contributed by atoms with E-state index in [4.69, 9.17) is 0 Å². The summed E-state index contributed by atoms with van der Waals surface area (Å²) in [5, 5.41) is 3.75. The van der Waals surface area contributed by atoms with E-state index in [-0.39, 0.29) is 5.56 Å². The highest BCUT2D eigenvalue weighted by Gasteiger charge is 1.98. The second-order valence-corrected chi connectivity index (χ2v) is 2.24. The lowest BCUT2D eigenvalue weighted by molar-refractivity contribution is 0.818. The van der Waals surface area contributed by atoms with Gasteiger partial charge in [0.15, 0.2) is 0 Å². The highest BCUT2D eigenvalue weighted by atomic mass is 16.1. The first-order valence-corrected chi connectivity index (χ1v) is 3.14. The number of aryl methyl sites for hydroxylation is 1. The van der Waals surface area contributed by atoms with Crippen LogP contribution < -0.4 is 5.56 Å². The summed E-state index contributed by atoms with van der Waals surface area (Å²) in [7, 11) is 1.81. The molecular formula is C6H6N4O. The molecule has 0 spiro atoms. The Morgan fingerprint density at radius 2 is 2.36 bits per heavy atom. The molecule has 0 N–H and O–H groups in total. The number of fused-ring (bicyclic) bond motifs is 1. The van der Waals surface area contributed by atoms with E-state index in [1.165, 1.54) is 16.9 Å². The average molecular weight is 150 g/mol. The molecule has 0 radical (unpaired) electrons. The van der Waals surface area contributed by atoms with Crippen LogP contribution in [0.5, 0.6) is 0 Å². The third-order valence-electron chi connectivity index (χ3n) is 1.49. The fraction of sp³-hybridized carbons (Fsp3) is 0.167. The predicted octanol–water partition coefficient (Wildman–Crippen LogP) is -0.572. The molecule has 56 valence electrons.